The van der Waals surface area contributed by atoms with Crippen LogP contribution in [-0.2, 0) is 19.9 Å². The number of nitriles is 2. The van der Waals surface area contributed by atoms with Crippen molar-refractivity contribution >= 4 is 5.76 Å². The van der Waals surface area contributed by atoms with Crippen molar-refractivity contribution in [3.8, 4) is 12.1 Å². The predicted octanol–water partition coefficient (Wildman–Crippen LogP) is 2.22. The molecule has 86 valence electrons. The van der Waals surface area contributed by atoms with E-state index >= 15 is 0 Å². The summed E-state index contributed by atoms with van der Waals surface area (Å²) in [5.74, 6) is -0.216. The zero-order valence-corrected chi connectivity index (χ0v) is 9.69. The second kappa shape index (κ2) is 4.35. The molecule has 1 aliphatic rings. The topological polar surface area (TPSA) is 72.7 Å². The van der Waals surface area contributed by atoms with Gasteiger partial charge in [-0.25, -0.2) is 0 Å². The quantitative estimate of drug-likeness (QED) is 0.590. The maximum absolute atomic E-state index is 9.92. The lowest BCUT2D eigenvalue weighted by atomic mass is 9.98. The van der Waals surface area contributed by atoms with E-state index in [9.17, 15) is 5.11 Å². The molecule has 1 heterocycles. The molecular weight excluding hydrogens is 214 g/mol. The standard InChI is InChI=1S/C13H13N3O/c1-16-11-5-3-2-4-9(11)6-12(16)13(17)10(7-14)8-15/h6,17H,2-5H2,1H3. The Labute approximate surface area is 100 Å². The highest BCUT2D eigenvalue weighted by Crippen LogP contribution is 2.27. The van der Waals surface area contributed by atoms with Crippen LogP contribution in [0.25, 0.3) is 5.76 Å². The van der Waals surface area contributed by atoms with E-state index in [1.165, 1.54) is 11.3 Å². The molecule has 2 rings (SSSR count). The first kappa shape index (κ1) is 11.3. The zero-order chi connectivity index (χ0) is 12.4. The summed E-state index contributed by atoms with van der Waals surface area (Å²) in [4.78, 5) is 0. The summed E-state index contributed by atoms with van der Waals surface area (Å²) in [6.07, 6.45) is 4.31. The molecule has 0 bridgehead atoms. The number of aryl methyl sites for hydroxylation is 1. The van der Waals surface area contributed by atoms with Gasteiger partial charge in [0.25, 0.3) is 0 Å². The van der Waals surface area contributed by atoms with Crippen LogP contribution in [0, 0.1) is 22.7 Å². The van der Waals surface area contributed by atoms with Gasteiger partial charge in [0.2, 0.25) is 0 Å². The summed E-state index contributed by atoms with van der Waals surface area (Å²) < 4.78 is 1.89. The van der Waals surface area contributed by atoms with Crippen molar-refractivity contribution in [1.29, 1.82) is 10.5 Å². The summed E-state index contributed by atoms with van der Waals surface area (Å²) in [7, 11) is 1.86. The van der Waals surface area contributed by atoms with E-state index in [1.807, 2.05) is 17.7 Å². The van der Waals surface area contributed by atoms with Crippen LogP contribution in [0.3, 0.4) is 0 Å². The lowest BCUT2D eigenvalue weighted by Crippen LogP contribution is -2.06. The average Bonchev–Trinajstić information content (AvgIpc) is 2.69. The fourth-order valence-electron chi connectivity index (χ4n) is 2.34. The average molecular weight is 227 g/mol. The first-order valence-electron chi connectivity index (χ1n) is 5.60. The number of rotatable bonds is 1. The maximum atomic E-state index is 9.92. The molecule has 0 radical (unpaired) electrons. The molecule has 0 spiro atoms. The number of aliphatic hydroxyl groups is 1. The summed E-state index contributed by atoms with van der Waals surface area (Å²) in [5.41, 5.74) is 2.75. The van der Waals surface area contributed by atoms with Crippen LogP contribution in [-0.4, -0.2) is 9.67 Å². The van der Waals surface area contributed by atoms with Crippen molar-refractivity contribution in [3.05, 3.63) is 28.6 Å². The van der Waals surface area contributed by atoms with Gasteiger partial charge in [-0.3, -0.25) is 0 Å². The Morgan fingerprint density at radius 3 is 2.53 bits per heavy atom. The van der Waals surface area contributed by atoms with Gasteiger partial charge < -0.3 is 9.67 Å². The predicted molar refractivity (Wildman–Crippen MR) is 62.8 cm³/mol. The Morgan fingerprint density at radius 2 is 1.94 bits per heavy atom. The highest BCUT2D eigenvalue weighted by atomic mass is 16.3. The monoisotopic (exact) mass is 227 g/mol. The van der Waals surface area contributed by atoms with Crippen LogP contribution in [0.2, 0.25) is 0 Å². The number of hydrogen-bond acceptors (Lipinski definition) is 3. The Bertz CT molecular complexity index is 551. The van der Waals surface area contributed by atoms with Crippen LogP contribution in [0.5, 0.6) is 0 Å². The van der Waals surface area contributed by atoms with Crippen LogP contribution in [0.4, 0.5) is 0 Å². The molecule has 0 saturated heterocycles. The van der Waals surface area contributed by atoms with Gasteiger partial charge in [-0.05, 0) is 37.3 Å². The molecule has 0 saturated carbocycles. The molecule has 4 heteroatoms. The smallest absolute Gasteiger partial charge is 0.173 e. The van der Waals surface area contributed by atoms with E-state index in [4.69, 9.17) is 10.5 Å². The van der Waals surface area contributed by atoms with Crippen molar-refractivity contribution in [2.75, 3.05) is 0 Å². The molecule has 0 aliphatic heterocycles. The van der Waals surface area contributed by atoms with Crippen LogP contribution < -0.4 is 0 Å². The minimum absolute atomic E-state index is 0.216. The summed E-state index contributed by atoms with van der Waals surface area (Å²) in [6, 6.07) is 5.31. The molecule has 0 fully saturated rings. The Morgan fingerprint density at radius 1 is 1.29 bits per heavy atom. The second-order valence-electron chi connectivity index (χ2n) is 4.21. The SMILES string of the molecule is Cn1c(C(O)=C(C#N)C#N)cc2c1CCCC2. The number of aliphatic hydroxyl groups excluding tert-OH is 1. The van der Waals surface area contributed by atoms with Gasteiger partial charge in [0.1, 0.15) is 12.1 Å². The number of nitrogens with zero attached hydrogens (tertiary/aromatic N) is 3. The summed E-state index contributed by atoms with van der Waals surface area (Å²) in [5, 5.41) is 27.4. The first-order chi connectivity index (χ1) is 8.19. The van der Waals surface area contributed by atoms with Crippen LogP contribution in [0.15, 0.2) is 11.6 Å². The molecule has 1 N–H and O–H groups in total. The number of aromatic nitrogens is 1. The highest BCUT2D eigenvalue weighted by Gasteiger charge is 2.19. The largest absolute Gasteiger partial charge is 0.504 e. The minimum Gasteiger partial charge on any atom is -0.504 e. The van der Waals surface area contributed by atoms with Gasteiger partial charge in [0.05, 0.1) is 5.69 Å². The molecule has 1 aromatic heterocycles. The van der Waals surface area contributed by atoms with Crippen molar-refractivity contribution in [2.24, 2.45) is 7.05 Å². The van der Waals surface area contributed by atoms with Gasteiger partial charge >= 0.3 is 0 Å². The summed E-state index contributed by atoms with van der Waals surface area (Å²) >= 11 is 0. The van der Waals surface area contributed by atoms with Crippen LogP contribution in [0.1, 0.15) is 29.8 Å². The fourth-order valence-corrected chi connectivity index (χ4v) is 2.34. The third kappa shape index (κ3) is 1.79. The first-order valence-corrected chi connectivity index (χ1v) is 5.60. The van der Waals surface area contributed by atoms with E-state index in [2.05, 4.69) is 0 Å². The Balaban J connectivity index is 2.56. The Kier molecular flexibility index (Phi) is 2.89. The lowest BCUT2D eigenvalue weighted by molar-refractivity contribution is 0.501. The van der Waals surface area contributed by atoms with Crippen LogP contribution >= 0.6 is 0 Å². The lowest BCUT2D eigenvalue weighted by Gasteiger charge is -2.13. The van der Waals surface area contributed by atoms with Crippen molar-refractivity contribution in [2.45, 2.75) is 25.7 Å². The van der Waals surface area contributed by atoms with E-state index in [-0.39, 0.29) is 11.3 Å². The molecule has 17 heavy (non-hydrogen) atoms. The molecule has 1 aromatic rings. The second-order valence-corrected chi connectivity index (χ2v) is 4.21. The number of allylic oxidation sites excluding steroid dienone is 1. The van der Waals surface area contributed by atoms with E-state index < -0.39 is 0 Å². The highest BCUT2D eigenvalue weighted by molar-refractivity contribution is 5.68. The molecule has 0 atom stereocenters. The third-order valence-corrected chi connectivity index (χ3v) is 3.26. The Hall–Kier alpha value is -2.20. The van der Waals surface area contributed by atoms with Crippen molar-refractivity contribution in [1.82, 2.24) is 4.57 Å². The van der Waals surface area contributed by atoms with E-state index in [0.29, 0.717) is 5.69 Å². The maximum Gasteiger partial charge on any atom is 0.173 e. The van der Waals surface area contributed by atoms with Gasteiger partial charge in [0, 0.05) is 12.7 Å². The molecular formula is C13H13N3O. The van der Waals surface area contributed by atoms with E-state index in [1.54, 1.807) is 12.1 Å². The normalized spacial score (nSPS) is 13.4. The molecule has 1 aliphatic carbocycles. The molecule has 4 nitrogen and oxygen atoms in total. The molecule has 0 amide bonds. The zero-order valence-electron chi connectivity index (χ0n) is 9.69. The fraction of sp³-hybridized carbons (Fsp3) is 0.385. The molecule has 0 unspecified atom stereocenters. The van der Waals surface area contributed by atoms with E-state index in [0.717, 1.165) is 25.7 Å². The third-order valence-electron chi connectivity index (χ3n) is 3.26. The number of fused-ring (bicyclic) bond motifs is 1. The van der Waals surface area contributed by atoms with Gasteiger partial charge in [-0.1, -0.05) is 0 Å². The minimum atomic E-state index is -0.233. The summed E-state index contributed by atoms with van der Waals surface area (Å²) in [6.45, 7) is 0. The van der Waals surface area contributed by atoms with Gasteiger partial charge in [-0.15, -0.1) is 0 Å². The van der Waals surface area contributed by atoms with Gasteiger partial charge in [0.15, 0.2) is 11.3 Å². The number of hydrogen-bond donors (Lipinski definition) is 1. The van der Waals surface area contributed by atoms with Crippen molar-refractivity contribution < 1.29 is 5.11 Å². The van der Waals surface area contributed by atoms with Crippen molar-refractivity contribution in [3.63, 3.8) is 0 Å². The van der Waals surface area contributed by atoms with Gasteiger partial charge in [-0.2, -0.15) is 10.5 Å². The molecule has 0 aromatic carbocycles.